The Morgan fingerprint density at radius 2 is 1.70 bits per heavy atom. The van der Waals surface area contributed by atoms with E-state index in [4.69, 9.17) is 0 Å². The van der Waals surface area contributed by atoms with Crippen molar-refractivity contribution in [2.75, 3.05) is 32.7 Å². The average molecular weight is 392 g/mol. The molecule has 0 radical (unpaired) electrons. The van der Waals surface area contributed by atoms with E-state index in [1.54, 1.807) is 10.4 Å². The summed E-state index contributed by atoms with van der Waals surface area (Å²) in [5, 5.41) is 3.10. The molecule has 2 aliphatic carbocycles. The first-order valence-electron chi connectivity index (χ1n) is 10.2. The van der Waals surface area contributed by atoms with E-state index in [0.717, 1.165) is 32.1 Å². The minimum atomic E-state index is -3.45. The molecule has 4 rings (SSSR count). The Bertz CT molecular complexity index is 795. The fourth-order valence-electron chi connectivity index (χ4n) is 4.53. The molecule has 2 fully saturated rings. The van der Waals surface area contributed by atoms with Gasteiger partial charge in [-0.25, -0.2) is 8.42 Å². The number of nitrogens with zero attached hydrogens (tertiary/aromatic N) is 2. The standard InChI is InChI=1S/C20H29N3O3S/c24-20(21-18-6-1-2-7-18)15-22-10-12-23(13-11-22)27(25,26)19-9-8-16-4-3-5-17(16)14-19/h8-9,14,18H,1-7,10-13,15H2,(H,21,24). The number of piperazine rings is 1. The van der Waals surface area contributed by atoms with Crippen molar-refractivity contribution in [1.82, 2.24) is 14.5 Å². The molecule has 1 heterocycles. The first-order chi connectivity index (χ1) is 13.0. The second kappa shape index (κ2) is 7.89. The van der Waals surface area contributed by atoms with E-state index in [-0.39, 0.29) is 5.91 Å². The lowest BCUT2D eigenvalue weighted by Gasteiger charge is -2.33. The first-order valence-corrected chi connectivity index (χ1v) is 11.6. The number of carbonyl (C=O) groups excluding carboxylic acids is 1. The van der Waals surface area contributed by atoms with E-state index in [9.17, 15) is 13.2 Å². The molecule has 3 aliphatic rings. The molecule has 1 saturated heterocycles. The molecule has 0 bridgehead atoms. The summed E-state index contributed by atoms with van der Waals surface area (Å²) in [5.74, 6) is 0.0665. The molecule has 1 aromatic carbocycles. The summed E-state index contributed by atoms with van der Waals surface area (Å²) in [5.41, 5.74) is 2.46. The van der Waals surface area contributed by atoms with Gasteiger partial charge in [0, 0.05) is 32.2 Å². The topological polar surface area (TPSA) is 69.7 Å². The zero-order valence-electron chi connectivity index (χ0n) is 15.8. The van der Waals surface area contributed by atoms with Gasteiger partial charge in [0.1, 0.15) is 0 Å². The van der Waals surface area contributed by atoms with Gasteiger partial charge in [-0.15, -0.1) is 0 Å². The molecule has 0 unspecified atom stereocenters. The van der Waals surface area contributed by atoms with Crippen LogP contribution in [0, 0.1) is 0 Å². The monoisotopic (exact) mass is 391 g/mol. The van der Waals surface area contributed by atoms with E-state index >= 15 is 0 Å². The molecule has 1 aromatic rings. The molecule has 0 spiro atoms. The van der Waals surface area contributed by atoms with Crippen LogP contribution in [0.1, 0.15) is 43.2 Å². The Hall–Kier alpha value is -1.44. The van der Waals surface area contributed by atoms with E-state index < -0.39 is 10.0 Å². The lowest BCUT2D eigenvalue weighted by molar-refractivity contribution is -0.123. The second-order valence-electron chi connectivity index (χ2n) is 8.01. The van der Waals surface area contributed by atoms with Gasteiger partial charge in [0.2, 0.25) is 15.9 Å². The quantitative estimate of drug-likeness (QED) is 0.827. The SMILES string of the molecule is O=C(CN1CCN(S(=O)(=O)c2ccc3c(c2)CCC3)CC1)NC1CCCC1. The highest BCUT2D eigenvalue weighted by atomic mass is 32.2. The lowest BCUT2D eigenvalue weighted by Crippen LogP contribution is -2.51. The van der Waals surface area contributed by atoms with Gasteiger partial charge in [0.05, 0.1) is 11.4 Å². The van der Waals surface area contributed by atoms with Gasteiger partial charge >= 0.3 is 0 Å². The number of sulfonamides is 1. The summed E-state index contributed by atoms with van der Waals surface area (Å²) < 4.78 is 27.5. The molecule has 7 heteroatoms. The van der Waals surface area contributed by atoms with Crippen molar-refractivity contribution >= 4 is 15.9 Å². The van der Waals surface area contributed by atoms with Crippen LogP contribution in [0.2, 0.25) is 0 Å². The Kier molecular flexibility index (Phi) is 5.53. The van der Waals surface area contributed by atoms with Crippen LogP contribution < -0.4 is 5.32 Å². The predicted octanol–water partition coefficient (Wildman–Crippen LogP) is 1.54. The van der Waals surface area contributed by atoms with Crippen molar-refractivity contribution in [3.8, 4) is 0 Å². The maximum Gasteiger partial charge on any atom is 0.243 e. The van der Waals surface area contributed by atoms with Gasteiger partial charge in [0.25, 0.3) is 0 Å². The summed E-state index contributed by atoms with van der Waals surface area (Å²) in [7, 11) is -3.45. The van der Waals surface area contributed by atoms with Crippen molar-refractivity contribution in [3.05, 3.63) is 29.3 Å². The third-order valence-electron chi connectivity index (χ3n) is 6.13. The van der Waals surface area contributed by atoms with Crippen LogP contribution in [0.25, 0.3) is 0 Å². The highest BCUT2D eigenvalue weighted by molar-refractivity contribution is 7.89. The van der Waals surface area contributed by atoms with E-state index in [1.807, 2.05) is 12.1 Å². The van der Waals surface area contributed by atoms with Gasteiger partial charge in [-0.3, -0.25) is 9.69 Å². The molecule has 1 aliphatic heterocycles. The van der Waals surface area contributed by atoms with Crippen molar-refractivity contribution < 1.29 is 13.2 Å². The van der Waals surface area contributed by atoms with Crippen LogP contribution in [-0.4, -0.2) is 62.3 Å². The van der Waals surface area contributed by atoms with Crippen LogP contribution in [0.3, 0.4) is 0 Å². The van der Waals surface area contributed by atoms with Gasteiger partial charge in [-0.05, 0) is 55.4 Å². The zero-order valence-corrected chi connectivity index (χ0v) is 16.6. The smallest absolute Gasteiger partial charge is 0.243 e. The molecule has 1 amide bonds. The maximum absolute atomic E-state index is 13.0. The molecule has 0 atom stereocenters. The van der Waals surface area contributed by atoms with Gasteiger partial charge in [-0.2, -0.15) is 4.31 Å². The maximum atomic E-state index is 13.0. The molecule has 1 N–H and O–H groups in total. The molecular weight excluding hydrogens is 362 g/mol. The highest BCUT2D eigenvalue weighted by Gasteiger charge is 2.30. The third kappa shape index (κ3) is 4.20. The molecule has 0 aromatic heterocycles. The highest BCUT2D eigenvalue weighted by Crippen LogP contribution is 2.26. The number of fused-ring (bicyclic) bond motifs is 1. The predicted molar refractivity (Wildman–Crippen MR) is 104 cm³/mol. The van der Waals surface area contributed by atoms with Gasteiger partial charge < -0.3 is 5.32 Å². The number of benzene rings is 1. The third-order valence-corrected chi connectivity index (χ3v) is 8.02. The molecular formula is C20H29N3O3S. The van der Waals surface area contributed by atoms with Crippen molar-refractivity contribution in [1.29, 1.82) is 0 Å². The Morgan fingerprint density at radius 1 is 1.00 bits per heavy atom. The minimum absolute atomic E-state index is 0.0665. The average Bonchev–Trinajstić information content (AvgIpc) is 3.32. The normalized spacial score (nSPS) is 22.1. The number of rotatable bonds is 5. The number of hydrogen-bond acceptors (Lipinski definition) is 4. The summed E-state index contributed by atoms with van der Waals surface area (Å²) in [4.78, 5) is 14.7. The number of aryl methyl sites for hydroxylation is 2. The minimum Gasteiger partial charge on any atom is -0.352 e. The second-order valence-corrected chi connectivity index (χ2v) is 9.95. The van der Waals surface area contributed by atoms with Crippen molar-refractivity contribution in [2.24, 2.45) is 0 Å². The summed E-state index contributed by atoms with van der Waals surface area (Å²) in [6, 6.07) is 5.91. The van der Waals surface area contributed by atoms with E-state index in [2.05, 4.69) is 10.2 Å². The molecule has 148 valence electrons. The van der Waals surface area contributed by atoms with Gasteiger partial charge in [-0.1, -0.05) is 18.9 Å². The van der Waals surface area contributed by atoms with Crippen LogP contribution in [0.5, 0.6) is 0 Å². The fraction of sp³-hybridized carbons (Fsp3) is 0.650. The lowest BCUT2D eigenvalue weighted by atomic mass is 10.1. The van der Waals surface area contributed by atoms with Crippen LogP contribution in [0.4, 0.5) is 0 Å². The number of nitrogens with one attached hydrogen (secondary N) is 1. The number of amides is 1. The molecule has 6 nitrogen and oxygen atoms in total. The summed E-state index contributed by atoms with van der Waals surface area (Å²) >= 11 is 0. The van der Waals surface area contributed by atoms with Gasteiger partial charge in [0.15, 0.2) is 0 Å². The largest absolute Gasteiger partial charge is 0.352 e. The Labute approximate surface area is 162 Å². The van der Waals surface area contributed by atoms with Crippen LogP contribution >= 0.6 is 0 Å². The zero-order chi connectivity index (χ0) is 18.9. The number of hydrogen-bond donors (Lipinski definition) is 1. The Morgan fingerprint density at radius 3 is 2.44 bits per heavy atom. The number of carbonyl (C=O) groups is 1. The summed E-state index contributed by atoms with van der Waals surface area (Å²) in [6.45, 7) is 2.44. The van der Waals surface area contributed by atoms with E-state index in [1.165, 1.54) is 24.0 Å². The van der Waals surface area contributed by atoms with Crippen molar-refractivity contribution in [3.63, 3.8) is 0 Å². The van der Waals surface area contributed by atoms with Crippen molar-refractivity contribution in [2.45, 2.75) is 55.9 Å². The van der Waals surface area contributed by atoms with Crippen LogP contribution in [0.15, 0.2) is 23.1 Å². The van der Waals surface area contributed by atoms with Crippen LogP contribution in [-0.2, 0) is 27.7 Å². The molecule has 1 saturated carbocycles. The Balaban J connectivity index is 1.32. The fourth-order valence-corrected chi connectivity index (χ4v) is 6.01. The summed E-state index contributed by atoms with van der Waals surface area (Å²) in [6.07, 6.45) is 7.70. The van der Waals surface area contributed by atoms with E-state index in [0.29, 0.717) is 43.7 Å². The molecule has 27 heavy (non-hydrogen) atoms. The first kappa shape index (κ1) is 18.9.